The highest BCUT2D eigenvalue weighted by atomic mass is 15.1. The first-order valence-electron chi connectivity index (χ1n) is 5.48. The van der Waals surface area contributed by atoms with Crippen LogP contribution in [0.3, 0.4) is 0 Å². The molecule has 3 heterocycles. The Hall–Kier alpha value is -2.36. The van der Waals surface area contributed by atoms with Gasteiger partial charge in [0.25, 0.3) is 0 Å². The summed E-state index contributed by atoms with van der Waals surface area (Å²) in [7, 11) is 0. The van der Waals surface area contributed by atoms with Crippen LogP contribution < -0.4 is 0 Å². The van der Waals surface area contributed by atoms with Crippen molar-refractivity contribution in [1.82, 2.24) is 20.2 Å². The van der Waals surface area contributed by atoms with Crippen molar-refractivity contribution >= 4 is 0 Å². The van der Waals surface area contributed by atoms with E-state index in [4.69, 9.17) is 0 Å². The molecule has 2 N–H and O–H groups in total. The van der Waals surface area contributed by atoms with Crippen LogP contribution in [-0.2, 0) is 0 Å². The van der Waals surface area contributed by atoms with E-state index < -0.39 is 0 Å². The molecule has 0 unspecified atom stereocenters. The summed E-state index contributed by atoms with van der Waals surface area (Å²) < 4.78 is 0. The molecule has 0 radical (unpaired) electrons. The van der Waals surface area contributed by atoms with Gasteiger partial charge in [-0.3, -0.25) is 0 Å². The van der Waals surface area contributed by atoms with E-state index in [9.17, 15) is 0 Å². The van der Waals surface area contributed by atoms with Crippen LogP contribution in [0.15, 0.2) is 55.1 Å². The Morgan fingerprint density at radius 1 is 0.882 bits per heavy atom. The summed E-state index contributed by atoms with van der Waals surface area (Å²) in [4.78, 5) is 6.51. The first-order valence-corrected chi connectivity index (χ1v) is 5.48. The van der Waals surface area contributed by atoms with Crippen LogP contribution in [0.1, 0.15) is 22.9 Å². The second-order valence-electron chi connectivity index (χ2n) is 3.86. The molecule has 0 aliphatic heterocycles. The Kier molecular flexibility index (Phi) is 2.46. The zero-order valence-electron chi connectivity index (χ0n) is 9.17. The number of hydrogen-bond donors (Lipinski definition) is 2. The van der Waals surface area contributed by atoms with Crippen LogP contribution in [0.5, 0.6) is 0 Å². The van der Waals surface area contributed by atoms with Gasteiger partial charge in [0.05, 0.1) is 12.1 Å². The fourth-order valence-corrected chi connectivity index (χ4v) is 2.05. The van der Waals surface area contributed by atoms with Gasteiger partial charge in [-0.1, -0.05) is 0 Å². The minimum atomic E-state index is 0.149. The molecule has 0 amide bonds. The molecule has 17 heavy (non-hydrogen) atoms. The van der Waals surface area contributed by atoms with E-state index in [2.05, 4.69) is 32.3 Å². The van der Waals surface area contributed by atoms with E-state index in [0.29, 0.717) is 0 Å². The minimum Gasteiger partial charge on any atom is -0.364 e. The molecule has 0 aliphatic rings. The van der Waals surface area contributed by atoms with Crippen molar-refractivity contribution in [3.8, 4) is 0 Å². The van der Waals surface area contributed by atoms with Gasteiger partial charge in [0.15, 0.2) is 0 Å². The topological polar surface area (TPSA) is 57.4 Å². The summed E-state index contributed by atoms with van der Waals surface area (Å²) in [6.45, 7) is 0. The van der Waals surface area contributed by atoms with Crippen LogP contribution in [0, 0.1) is 0 Å². The van der Waals surface area contributed by atoms with Gasteiger partial charge in [-0.25, -0.2) is 0 Å². The molecule has 0 saturated carbocycles. The first-order chi connectivity index (χ1) is 8.45. The number of aromatic nitrogens is 4. The van der Waals surface area contributed by atoms with Crippen molar-refractivity contribution < 1.29 is 0 Å². The lowest BCUT2D eigenvalue weighted by Gasteiger charge is -2.14. The quantitative estimate of drug-likeness (QED) is 0.717. The van der Waals surface area contributed by atoms with Crippen LogP contribution in [0.25, 0.3) is 0 Å². The Bertz CT molecular complexity index is 521. The number of aromatic amines is 2. The molecular weight excluding hydrogens is 212 g/mol. The second-order valence-corrected chi connectivity index (χ2v) is 3.86. The number of nitrogens with zero attached hydrogens (tertiary/aromatic N) is 2. The number of H-pyrrole nitrogens is 2. The molecule has 84 valence electrons. The molecule has 3 aromatic rings. The van der Waals surface area contributed by atoms with Gasteiger partial charge in [0.1, 0.15) is 0 Å². The highest BCUT2D eigenvalue weighted by Gasteiger charge is 2.18. The minimum absolute atomic E-state index is 0.149. The monoisotopic (exact) mass is 224 g/mol. The van der Waals surface area contributed by atoms with Crippen LogP contribution in [0.2, 0.25) is 0 Å². The van der Waals surface area contributed by atoms with Gasteiger partial charge in [0.2, 0.25) is 0 Å². The largest absolute Gasteiger partial charge is 0.364 e. The molecule has 0 atom stereocenters. The molecule has 3 rings (SSSR count). The maximum atomic E-state index is 3.95. The predicted molar refractivity (Wildman–Crippen MR) is 64.6 cm³/mol. The highest BCUT2D eigenvalue weighted by molar-refractivity contribution is 5.35. The lowest BCUT2D eigenvalue weighted by Crippen LogP contribution is -2.04. The maximum Gasteiger partial charge on any atom is 0.0657 e. The average molecular weight is 224 g/mol. The number of hydrogen-bond acceptors (Lipinski definition) is 2. The summed E-state index contributed by atoms with van der Waals surface area (Å²) in [6.07, 6.45) is 7.38. The molecule has 0 fully saturated rings. The van der Waals surface area contributed by atoms with Crippen LogP contribution in [-0.4, -0.2) is 20.2 Å². The normalized spacial score (nSPS) is 10.9. The zero-order valence-corrected chi connectivity index (χ0v) is 9.17. The van der Waals surface area contributed by atoms with Crippen molar-refractivity contribution in [3.05, 3.63) is 72.1 Å². The fraction of sp³-hybridized carbons (Fsp3) is 0.0769. The van der Waals surface area contributed by atoms with Crippen LogP contribution >= 0.6 is 0 Å². The second kappa shape index (κ2) is 4.25. The van der Waals surface area contributed by atoms with Gasteiger partial charge in [-0.2, -0.15) is 10.2 Å². The van der Waals surface area contributed by atoms with Gasteiger partial charge in [0, 0.05) is 30.0 Å². The third-order valence-electron chi connectivity index (χ3n) is 2.81. The number of nitrogens with one attached hydrogen (secondary N) is 2. The molecule has 0 aromatic carbocycles. The van der Waals surface area contributed by atoms with Crippen molar-refractivity contribution in [2.75, 3.05) is 0 Å². The predicted octanol–water partition coefficient (Wildman–Crippen LogP) is 2.31. The fourth-order valence-electron chi connectivity index (χ4n) is 2.05. The van der Waals surface area contributed by atoms with E-state index in [0.717, 1.165) is 17.0 Å². The lowest BCUT2D eigenvalue weighted by molar-refractivity contribution is 0.871. The van der Waals surface area contributed by atoms with E-state index in [-0.39, 0.29) is 5.92 Å². The van der Waals surface area contributed by atoms with Gasteiger partial charge in [-0.15, -0.1) is 0 Å². The molecular formula is C13H12N4. The molecule has 0 saturated heterocycles. The average Bonchev–Trinajstić information content (AvgIpc) is 3.04. The van der Waals surface area contributed by atoms with Crippen molar-refractivity contribution in [2.45, 2.75) is 5.92 Å². The maximum absolute atomic E-state index is 3.95. The third-order valence-corrected chi connectivity index (χ3v) is 2.81. The Labute approximate surface area is 98.7 Å². The SMILES string of the molecule is c1c[nH]c(C(c2ccnnc2)c2ccc[nH]2)c1. The van der Waals surface area contributed by atoms with E-state index >= 15 is 0 Å². The highest BCUT2D eigenvalue weighted by Crippen LogP contribution is 2.28. The lowest BCUT2D eigenvalue weighted by atomic mass is 9.94. The van der Waals surface area contributed by atoms with Crippen molar-refractivity contribution in [1.29, 1.82) is 0 Å². The summed E-state index contributed by atoms with van der Waals surface area (Å²) in [5.41, 5.74) is 3.39. The molecule has 4 nitrogen and oxygen atoms in total. The number of rotatable bonds is 3. The summed E-state index contributed by atoms with van der Waals surface area (Å²) in [5.74, 6) is 0.149. The Morgan fingerprint density at radius 2 is 1.59 bits per heavy atom. The summed E-state index contributed by atoms with van der Waals surface area (Å²) in [6, 6.07) is 10.1. The molecule has 0 spiro atoms. The van der Waals surface area contributed by atoms with E-state index in [1.165, 1.54) is 0 Å². The molecule has 0 bridgehead atoms. The molecule has 3 aromatic heterocycles. The van der Waals surface area contributed by atoms with Crippen LogP contribution in [0.4, 0.5) is 0 Å². The molecule has 0 aliphatic carbocycles. The summed E-state index contributed by atoms with van der Waals surface area (Å²) in [5, 5.41) is 7.77. The third kappa shape index (κ3) is 1.85. The Morgan fingerprint density at radius 3 is 2.06 bits per heavy atom. The van der Waals surface area contributed by atoms with Gasteiger partial charge >= 0.3 is 0 Å². The molecule has 4 heteroatoms. The van der Waals surface area contributed by atoms with Gasteiger partial charge in [-0.05, 0) is 35.9 Å². The van der Waals surface area contributed by atoms with Crippen molar-refractivity contribution in [2.24, 2.45) is 0 Å². The van der Waals surface area contributed by atoms with E-state index in [1.54, 1.807) is 12.4 Å². The van der Waals surface area contributed by atoms with Gasteiger partial charge < -0.3 is 9.97 Å². The Balaban J connectivity index is 2.10. The smallest absolute Gasteiger partial charge is 0.0657 e. The zero-order chi connectivity index (χ0) is 11.5. The standard InChI is InChI=1S/C13H12N4/c1-3-11(14-6-1)13(12-4-2-7-15-12)10-5-8-16-17-9-10/h1-9,13-15H. The summed E-state index contributed by atoms with van der Waals surface area (Å²) >= 11 is 0. The first kappa shape index (κ1) is 9.84. The van der Waals surface area contributed by atoms with Crippen molar-refractivity contribution in [3.63, 3.8) is 0 Å². The van der Waals surface area contributed by atoms with E-state index in [1.807, 2.05) is 30.6 Å².